The first kappa shape index (κ1) is 27.0. The molecule has 1 aromatic heterocycles. The summed E-state index contributed by atoms with van der Waals surface area (Å²) < 4.78 is 13.9. The minimum atomic E-state index is -0.243. The number of ether oxygens (including phenoxy) is 2. The maximum atomic E-state index is 13.4. The Balaban J connectivity index is 1.48. The number of hydrogen-bond donors (Lipinski definition) is 0. The molecule has 36 heavy (non-hydrogen) atoms. The lowest BCUT2D eigenvalue weighted by Gasteiger charge is -2.43. The highest BCUT2D eigenvalue weighted by molar-refractivity contribution is 6.31. The Labute approximate surface area is 220 Å². The lowest BCUT2D eigenvalue weighted by Crippen LogP contribution is -2.50. The van der Waals surface area contributed by atoms with Gasteiger partial charge >= 0.3 is 0 Å². The van der Waals surface area contributed by atoms with Crippen LogP contribution in [-0.2, 0) is 22.6 Å². The summed E-state index contributed by atoms with van der Waals surface area (Å²) in [6, 6.07) is 5.78. The fraction of sp³-hybridized carbons (Fsp3) is 0.643. The van der Waals surface area contributed by atoms with Crippen molar-refractivity contribution in [2.45, 2.75) is 66.0 Å². The molecule has 4 rings (SSSR count). The number of piperidine rings is 1. The molecule has 0 aliphatic carbocycles. The number of halogens is 1. The highest BCUT2D eigenvalue weighted by Gasteiger charge is 2.40. The number of carbonyl (C=O) groups excluding carboxylic acids is 1. The fourth-order valence-electron chi connectivity index (χ4n) is 5.34. The maximum Gasteiger partial charge on any atom is 0.223 e. The molecule has 2 fully saturated rings. The van der Waals surface area contributed by atoms with Gasteiger partial charge in [0.25, 0.3) is 0 Å². The molecule has 1 unspecified atom stereocenters. The maximum absolute atomic E-state index is 13.4. The van der Waals surface area contributed by atoms with Gasteiger partial charge in [0, 0.05) is 61.3 Å². The molecule has 2 saturated heterocycles. The molecule has 8 heteroatoms. The second-order valence-electron chi connectivity index (χ2n) is 10.5. The van der Waals surface area contributed by atoms with Crippen molar-refractivity contribution >= 4 is 17.5 Å². The normalized spacial score (nSPS) is 21.1. The Morgan fingerprint density at radius 1 is 1.22 bits per heavy atom. The van der Waals surface area contributed by atoms with E-state index in [1.54, 1.807) is 0 Å². The summed E-state index contributed by atoms with van der Waals surface area (Å²) in [7, 11) is 0. The van der Waals surface area contributed by atoms with Crippen molar-refractivity contribution in [2.24, 2.45) is 5.41 Å². The van der Waals surface area contributed by atoms with E-state index in [4.69, 9.17) is 26.2 Å². The molecule has 1 aromatic carbocycles. The minimum Gasteiger partial charge on any atom is -0.493 e. The number of benzene rings is 1. The van der Waals surface area contributed by atoms with Gasteiger partial charge in [0.05, 0.1) is 25.5 Å². The summed E-state index contributed by atoms with van der Waals surface area (Å²) in [5, 5.41) is 5.47. The van der Waals surface area contributed by atoms with Crippen molar-refractivity contribution in [1.29, 1.82) is 0 Å². The monoisotopic (exact) mass is 516 g/mol. The van der Waals surface area contributed by atoms with E-state index in [2.05, 4.69) is 29.6 Å². The van der Waals surface area contributed by atoms with Gasteiger partial charge in [-0.3, -0.25) is 14.4 Å². The lowest BCUT2D eigenvalue weighted by molar-refractivity contribution is -0.139. The highest BCUT2D eigenvalue weighted by atomic mass is 35.5. The number of nitrogens with zero attached hydrogens (tertiary/aromatic N) is 4. The summed E-state index contributed by atoms with van der Waals surface area (Å²) in [6.07, 6.45) is 7.01. The molecule has 198 valence electrons. The van der Waals surface area contributed by atoms with E-state index in [1.165, 1.54) is 5.56 Å². The molecule has 3 heterocycles. The van der Waals surface area contributed by atoms with Crippen LogP contribution >= 0.6 is 11.6 Å². The number of morpholine rings is 1. The van der Waals surface area contributed by atoms with Crippen LogP contribution in [0.4, 0.5) is 0 Å². The number of amides is 1. The van der Waals surface area contributed by atoms with Gasteiger partial charge in [-0.2, -0.15) is 5.10 Å². The van der Waals surface area contributed by atoms with Crippen LogP contribution in [-0.4, -0.2) is 71.5 Å². The number of rotatable bonds is 10. The van der Waals surface area contributed by atoms with E-state index in [9.17, 15) is 4.79 Å². The first-order valence-corrected chi connectivity index (χ1v) is 13.7. The molecule has 1 amide bonds. The van der Waals surface area contributed by atoms with Crippen LogP contribution in [0.25, 0.3) is 0 Å². The Morgan fingerprint density at radius 3 is 2.78 bits per heavy atom. The van der Waals surface area contributed by atoms with Gasteiger partial charge in [0.15, 0.2) is 0 Å². The van der Waals surface area contributed by atoms with Crippen LogP contribution in [0.3, 0.4) is 0 Å². The third kappa shape index (κ3) is 7.02. The van der Waals surface area contributed by atoms with Crippen molar-refractivity contribution < 1.29 is 14.3 Å². The van der Waals surface area contributed by atoms with E-state index in [0.717, 1.165) is 73.9 Å². The smallest absolute Gasteiger partial charge is 0.223 e. The van der Waals surface area contributed by atoms with E-state index in [-0.39, 0.29) is 11.3 Å². The van der Waals surface area contributed by atoms with Crippen molar-refractivity contribution in [3.63, 3.8) is 0 Å². The topological polar surface area (TPSA) is 59.8 Å². The van der Waals surface area contributed by atoms with Crippen LogP contribution in [0.2, 0.25) is 5.02 Å². The van der Waals surface area contributed by atoms with Crippen molar-refractivity contribution in [1.82, 2.24) is 19.6 Å². The third-order valence-electron chi connectivity index (χ3n) is 7.49. The van der Waals surface area contributed by atoms with Crippen LogP contribution in [0.15, 0.2) is 24.4 Å². The Morgan fingerprint density at radius 2 is 2.03 bits per heavy atom. The molecule has 2 aliphatic heterocycles. The highest BCUT2D eigenvalue weighted by Crippen LogP contribution is 2.36. The Hall–Kier alpha value is -2.09. The SMILES string of the molecule is CCCCn1cc(CN2CCCC(COc3ccc(Cl)c(C)c3)(CC(=O)N3CCOCC3)C2)c(C)n1. The molecular formula is C28H41ClN4O3. The Bertz CT molecular complexity index is 1020. The molecule has 7 nitrogen and oxygen atoms in total. The van der Waals surface area contributed by atoms with Gasteiger partial charge in [-0.25, -0.2) is 0 Å². The molecule has 2 aromatic rings. The van der Waals surface area contributed by atoms with Crippen LogP contribution in [0, 0.1) is 19.3 Å². The van der Waals surface area contributed by atoms with Crippen molar-refractivity contribution in [3.8, 4) is 5.75 Å². The molecule has 0 radical (unpaired) electrons. The summed E-state index contributed by atoms with van der Waals surface area (Å²) in [6.45, 7) is 13.0. The largest absolute Gasteiger partial charge is 0.493 e. The molecule has 0 N–H and O–H groups in total. The first-order valence-electron chi connectivity index (χ1n) is 13.4. The standard InChI is InChI=1S/C28H41ClN4O3/c1-4-5-11-33-19-24(23(3)30-33)18-31-10-6-9-28(20-31,17-27(34)32-12-14-35-15-13-32)21-36-25-7-8-26(29)22(2)16-25/h7-8,16,19H,4-6,9-15,17-18,20-21H2,1-3H3. The third-order valence-corrected chi connectivity index (χ3v) is 7.91. The average Bonchev–Trinajstić information content (AvgIpc) is 3.23. The van der Waals surface area contributed by atoms with Gasteiger partial charge in [-0.1, -0.05) is 24.9 Å². The second kappa shape index (κ2) is 12.4. The van der Waals surface area contributed by atoms with E-state index >= 15 is 0 Å². The zero-order chi connectivity index (χ0) is 25.5. The van der Waals surface area contributed by atoms with E-state index < -0.39 is 0 Å². The van der Waals surface area contributed by atoms with Crippen molar-refractivity contribution in [2.75, 3.05) is 46.0 Å². The molecular weight excluding hydrogens is 476 g/mol. The van der Waals surface area contributed by atoms with Crippen LogP contribution < -0.4 is 4.74 Å². The summed E-state index contributed by atoms with van der Waals surface area (Å²) in [4.78, 5) is 17.8. The number of unbranched alkanes of at least 4 members (excludes halogenated alkanes) is 1. The number of hydrogen-bond acceptors (Lipinski definition) is 5. The molecule has 0 saturated carbocycles. The molecule has 0 spiro atoms. The molecule has 0 bridgehead atoms. The van der Waals surface area contributed by atoms with Crippen LogP contribution in [0.5, 0.6) is 5.75 Å². The summed E-state index contributed by atoms with van der Waals surface area (Å²) in [5.74, 6) is 1.01. The predicted molar refractivity (Wildman–Crippen MR) is 143 cm³/mol. The van der Waals surface area contributed by atoms with Crippen LogP contribution in [0.1, 0.15) is 55.8 Å². The predicted octanol–water partition coefficient (Wildman–Crippen LogP) is 4.86. The average molecular weight is 517 g/mol. The summed E-state index contributed by atoms with van der Waals surface area (Å²) in [5.41, 5.74) is 3.12. The zero-order valence-electron chi connectivity index (χ0n) is 22.1. The molecule has 2 aliphatic rings. The molecule has 1 atom stereocenters. The number of carbonyl (C=O) groups is 1. The van der Waals surface area contributed by atoms with Gasteiger partial charge in [-0.15, -0.1) is 0 Å². The lowest BCUT2D eigenvalue weighted by atomic mass is 9.77. The number of aryl methyl sites for hydroxylation is 3. The zero-order valence-corrected chi connectivity index (χ0v) is 22.9. The van der Waals surface area contributed by atoms with Gasteiger partial charge < -0.3 is 14.4 Å². The second-order valence-corrected chi connectivity index (χ2v) is 10.9. The summed E-state index contributed by atoms with van der Waals surface area (Å²) >= 11 is 6.22. The van der Waals surface area contributed by atoms with Gasteiger partial charge in [-0.05, 0) is 63.4 Å². The number of aromatic nitrogens is 2. The minimum absolute atomic E-state index is 0.208. The van der Waals surface area contributed by atoms with Gasteiger partial charge in [0.1, 0.15) is 5.75 Å². The Kier molecular flexibility index (Phi) is 9.31. The quantitative estimate of drug-likeness (QED) is 0.451. The number of likely N-dealkylation sites (tertiary alicyclic amines) is 1. The fourth-order valence-corrected chi connectivity index (χ4v) is 5.45. The first-order chi connectivity index (χ1) is 17.4. The van der Waals surface area contributed by atoms with Crippen molar-refractivity contribution in [3.05, 3.63) is 46.2 Å². The van der Waals surface area contributed by atoms with E-state index in [1.807, 2.05) is 30.0 Å². The van der Waals surface area contributed by atoms with Gasteiger partial charge in [0.2, 0.25) is 5.91 Å². The van der Waals surface area contributed by atoms with E-state index in [0.29, 0.717) is 39.3 Å².